The summed E-state index contributed by atoms with van der Waals surface area (Å²) in [6.45, 7) is 5.87. The van der Waals surface area contributed by atoms with Crippen molar-refractivity contribution in [2.45, 2.75) is 20.8 Å². The zero-order chi connectivity index (χ0) is 15.0. The third-order valence-corrected chi connectivity index (χ3v) is 4.03. The molecule has 0 fully saturated rings. The van der Waals surface area contributed by atoms with E-state index in [0.29, 0.717) is 10.8 Å². The van der Waals surface area contributed by atoms with Gasteiger partial charge in [-0.15, -0.1) is 0 Å². The van der Waals surface area contributed by atoms with Crippen molar-refractivity contribution in [2.75, 3.05) is 5.32 Å². The molecule has 21 heavy (non-hydrogen) atoms. The predicted octanol–water partition coefficient (Wildman–Crippen LogP) is 3.87. The second-order valence-corrected chi connectivity index (χ2v) is 6.15. The van der Waals surface area contributed by atoms with Gasteiger partial charge in [-0.3, -0.25) is 10.1 Å². The van der Waals surface area contributed by atoms with Crippen LogP contribution in [0.1, 0.15) is 27.3 Å². The number of pyridine rings is 1. The van der Waals surface area contributed by atoms with E-state index in [1.807, 2.05) is 39.0 Å². The number of fused-ring (bicyclic) bond motifs is 1. The Hall–Kier alpha value is -2.27. The van der Waals surface area contributed by atoms with Crippen molar-refractivity contribution in [2.24, 2.45) is 0 Å². The fourth-order valence-corrected chi connectivity index (χ4v) is 3.16. The van der Waals surface area contributed by atoms with Crippen molar-refractivity contribution < 1.29 is 4.79 Å². The monoisotopic (exact) mass is 297 g/mol. The molecular formula is C16H15N3OS. The fraction of sp³-hybridized carbons (Fsp3) is 0.188. The summed E-state index contributed by atoms with van der Waals surface area (Å²) in [5, 5.41) is 3.43. The van der Waals surface area contributed by atoms with E-state index in [0.717, 1.165) is 21.5 Å². The lowest BCUT2D eigenvalue weighted by Gasteiger charge is -2.03. The molecule has 0 saturated heterocycles. The number of nitrogens with one attached hydrogen (secondary N) is 1. The number of benzene rings is 1. The van der Waals surface area contributed by atoms with Gasteiger partial charge in [-0.25, -0.2) is 9.97 Å². The van der Waals surface area contributed by atoms with Crippen LogP contribution in [0.2, 0.25) is 0 Å². The summed E-state index contributed by atoms with van der Waals surface area (Å²) < 4.78 is 1.07. The molecule has 0 spiro atoms. The Morgan fingerprint density at radius 2 is 1.86 bits per heavy atom. The normalized spacial score (nSPS) is 10.8. The minimum Gasteiger partial charge on any atom is -0.296 e. The van der Waals surface area contributed by atoms with Crippen molar-refractivity contribution in [3.8, 4) is 0 Å². The molecule has 2 aromatic heterocycles. The fourth-order valence-electron chi connectivity index (χ4n) is 2.20. The molecule has 0 aliphatic heterocycles. The van der Waals surface area contributed by atoms with Gasteiger partial charge < -0.3 is 0 Å². The van der Waals surface area contributed by atoms with Crippen molar-refractivity contribution >= 4 is 32.6 Å². The average molecular weight is 297 g/mol. The predicted molar refractivity (Wildman–Crippen MR) is 86.0 cm³/mol. The molecule has 0 saturated carbocycles. The highest BCUT2D eigenvalue weighted by molar-refractivity contribution is 7.22. The van der Waals surface area contributed by atoms with Gasteiger partial charge in [0.1, 0.15) is 5.69 Å². The van der Waals surface area contributed by atoms with Crippen LogP contribution in [0.4, 0.5) is 5.13 Å². The molecular weight excluding hydrogens is 282 g/mol. The number of amides is 1. The van der Waals surface area contributed by atoms with Crippen LogP contribution >= 0.6 is 11.3 Å². The van der Waals surface area contributed by atoms with E-state index in [2.05, 4.69) is 21.4 Å². The summed E-state index contributed by atoms with van der Waals surface area (Å²) in [6.07, 6.45) is 0. The smallest absolute Gasteiger partial charge is 0.276 e. The number of thiazole rings is 1. The van der Waals surface area contributed by atoms with E-state index >= 15 is 0 Å². The van der Waals surface area contributed by atoms with Crippen molar-refractivity contribution in [1.29, 1.82) is 0 Å². The van der Waals surface area contributed by atoms with Crippen LogP contribution in [-0.2, 0) is 0 Å². The third kappa shape index (κ3) is 2.92. The molecule has 0 unspecified atom stereocenters. The summed E-state index contributed by atoms with van der Waals surface area (Å²) >= 11 is 1.47. The third-order valence-electron chi connectivity index (χ3n) is 3.09. The maximum Gasteiger partial charge on any atom is 0.276 e. The number of hydrogen-bond acceptors (Lipinski definition) is 4. The minimum atomic E-state index is -0.224. The van der Waals surface area contributed by atoms with Gasteiger partial charge in [-0.05, 0) is 56.2 Å². The number of rotatable bonds is 2. The zero-order valence-corrected chi connectivity index (χ0v) is 12.9. The van der Waals surface area contributed by atoms with Gasteiger partial charge in [0.2, 0.25) is 0 Å². The Kier molecular flexibility index (Phi) is 3.43. The summed E-state index contributed by atoms with van der Waals surface area (Å²) in [4.78, 5) is 20.9. The number of carbonyl (C=O) groups excluding carboxylic acids is 1. The topological polar surface area (TPSA) is 54.9 Å². The second-order valence-electron chi connectivity index (χ2n) is 5.12. The number of anilines is 1. The number of hydrogen-bond donors (Lipinski definition) is 1. The maximum atomic E-state index is 12.3. The molecule has 0 aliphatic carbocycles. The molecule has 5 heteroatoms. The minimum absolute atomic E-state index is 0.224. The van der Waals surface area contributed by atoms with Gasteiger partial charge in [0.25, 0.3) is 5.91 Å². The first-order chi connectivity index (χ1) is 10.0. The van der Waals surface area contributed by atoms with E-state index in [-0.39, 0.29) is 5.91 Å². The summed E-state index contributed by atoms with van der Waals surface area (Å²) in [5.41, 5.74) is 4.35. The second kappa shape index (κ2) is 5.26. The number of aryl methyl sites for hydroxylation is 3. The van der Waals surface area contributed by atoms with Crippen LogP contribution in [0.25, 0.3) is 10.2 Å². The standard InChI is InChI=1S/C16H15N3OS/c1-9-4-5-12-14(8-9)21-16(18-12)19-15(20)13-7-10(2)6-11(3)17-13/h4-8H,1-3H3,(H,18,19,20). The zero-order valence-electron chi connectivity index (χ0n) is 12.1. The van der Waals surface area contributed by atoms with Crippen LogP contribution < -0.4 is 5.32 Å². The first-order valence-electron chi connectivity index (χ1n) is 6.65. The molecule has 106 valence electrons. The molecule has 0 radical (unpaired) electrons. The Morgan fingerprint density at radius 3 is 2.62 bits per heavy atom. The maximum absolute atomic E-state index is 12.3. The largest absolute Gasteiger partial charge is 0.296 e. The van der Waals surface area contributed by atoms with E-state index in [1.54, 1.807) is 6.07 Å². The lowest BCUT2D eigenvalue weighted by Crippen LogP contribution is -2.14. The lowest BCUT2D eigenvalue weighted by molar-refractivity contribution is 0.102. The molecule has 1 N–H and O–H groups in total. The van der Waals surface area contributed by atoms with Gasteiger partial charge in [0.05, 0.1) is 10.2 Å². The summed E-state index contributed by atoms with van der Waals surface area (Å²) in [7, 11) is 0. The Morgan fingerprint density at radius 1 is 1.05 bits per heavy atom. The van der Waals surface area contributed by atoms with Gasteiger partial charge in [-0.2, -0.15) is 0 Å². The average Bonchev–Trinajstić information content (AvgIpc) is 2.78. The van der Waals surface area contributed by atoms with Crippen LogP contribution in [-0.4, -0.2) is 15.9 Å². The molecule has 0 atom stereocenters. The summed E-state index contributed by atoms with van der Waals surface area (Å²) in [5.74, 6) is -0.224. The van der Waals surface area contributed by atoms with Gasteiger partial charge in [-0.1, -0.05) is 17.4 Å². The Balaban J connectivity index is 1.88. The van der Waals surface area contributed by atoms with Crippen LogP contribution in [0, 0.1) is 20.8 Å². The van der Waals surface area contributed by atoms with Gasteiger partial charge in [0.15, 0.2) is 5.13 Å². The van der Waals surface area contributed by atoms with Gasteiger partial charge >= 0.3 is 0 Å². The molecule has 0 aliphatic rings. The van der Waals surface area contributed by atoms with E-state index in [9.17, 15) is 4.79 Å². The Labute approximate surface area is 126 Å². The Bertz CT molecular complexity index is 818. The number of carbonyl (C=O) groups is 1. The van der Waals surface area contributed by atoms with Gasteiger partial charge in [0, 0.05) is 5.69 Å². The van der Waals surface area contributed by atoms with Crippen LogP contribution in [0.15, 0.2) is 30.3 Å². The summed E-state index contributed by atoms with van der Waals surface area (Å²) in [6, 6.07) is 9.76. The van der Waals surface area contributed by atoms with E-state index < -0.39 is 0 Å². The number of nitrogens with zero attached hydrogens (tertiary/aromatic N) is 2. The molecule has 3 rings (SSSR count). The lowest BCUT2D eigenvalue weighted by atomic mass is 10.2. The van der Waals surface area contributed by atoms with E-state index in [4.69, 9.17) is 0 Å². The molecule has 2 heterocycles. The quantitative estimate of drug-likeness (QED) is 0.781. The number of aromatic nitrogens is 2. The van der Waals surface area contributed by atoms with Crippen molar-refractivity contribution in [1.82, 2.24) is 9.97 Å². The highest BCUT2D eigenvalue weighted by atomic mass is 32.1. The van der Waals surface area contributed by atoms with Crippen molar-refractivity contribution in [3.05, 3.63) is 52.8 Å². The molecule has 3 aromatic rings. The van der Waals surface area contributed by atoms with E-state index in [1.165, 1.54) is 16.9 Å². The molecule has 0 bridgehead atoms. The molecule has 1 amide bonds. The highest BCUT2D eigenvalue weighted by Crippen LogP contribution is 2.26. The van der Waals surface area contributed by atoms with Crippen molar-refractivity contribution in [3.63, 3.8) is 0 Å². The first-order valence-corrected chi connectivity index (χ1v) is 7.47. The first kappa shape index (κ1) is 13.7. The molecule has 4 nitrogen and oxygen atoms in total. The highest BCUT2D eigenvalue weighted by Gasteiger charge is 2.12. The van der Waals surface area contributed by atoms with Crippen LogP contribution in [0.3, 0.4) is 0 Å². The van der Waals surface area contributed by atoms with Crippen LogP contribution in [0.5, 0.6) is 0 Å². The SMILES string of the molecule is Cc1cc(C)nc(C(=O)Nc2nc3ccc(C)cc3s2)c1. The molecule has 1 aromatic carbocycles.